The van der Waals surface area contributed by atoms with E-state index in [9.17, 15) is 19.2 Å². The lowest BCUT2D eigenvalue weighted by molar-refractivity contribution is -0.122. The van der Waals surface area contributed by atoms with E-state index in [4.69, 9.17) is 11.6 Å². The van der Waals surface area contributed by atoms with Crippen LogP contribution in [0.2, 0.25) is 0 Å². The number of alkyl halides is 1. The topological polar surface area (TPSA) is 86.8 Å². The molecule has 1 aromatic rings. The second-order valence-electron chi connectivity index (χ2n) is 4.66. The lowest BCUT2D eigenvalue weighted by Crippen LogP contribution is -2.58. The Morgan fingerprint density at radius 1 is 1.10 bits per heavy atom. The summed E-state index contributed by atoms with van der Waals surface area (Å²) >= 11 is 5.72. The van der Waals surface area contributed by atoms with E-state index in [1.807, 2.05) is 0 Å². The van der Waals surface area contributed by atoms with Gasteiger partial charge in [-0.3, -0.25) is 19.7 Å². The number of imide groups is 2. The summed E-state index contributed by atoms with van der Waals surface area (Å²) in [5.74, 6) is -1.39. The molecule has 2 aliphatic rings. The third-order valence-corrected chi connectivity index (χ3v) is 3.67. The number of rotatable bonds is 2. The van der Waals surface area contributed by atoms with Crippen molar-refractivity contribution in [2.45, 2.75) is 12.3 Å². The van der Waals surface area contributed by atoms with Crippen LogP contribution < -0.4 is 5.32 Å². The first kappa shape index (κ1) is 13.6. The summed E-state index contributed by atoms with van der Waals surface area (Å²) in [5, 5.41) is 3.80. The van der Waals surface area contributed by atoms with E-state index in [0.29, 0.717) is 5.56 Å². The summed E-state index contributed by atoms with van der Waals surface area (Å²) in [5.41, 5.74) is 1.14. The van der Waals surface area contributed by atoms with Gasteiger partial charge in [0.2, 0.25) is 5.91 Å². The van der Waals surface area contributed by atoms with Crippen molar-refractivity contribution in [3.05, 3.63) is 34.9 Å². The third kappa shape index (κ3) is 2.06. The minimum atomic E-state index is -0.779. The summed E-state index contributed by atoms with van der Waals surface area (Å²) in [4.78, 5) is 47.6. The SMILES string of the molecule is O=C1CCN(N2C(=O)c3ccc(CCl)cc3C2=O)C(=O)N1. The number of hydrogen-bond acceptors (Lipinski definition) is 4. The molecular formula is C13H10ClN3O4. The maximum atomic E-state index is 12.4. The Kier molecular flexibility index (Phi) is 3.13. The molecule has 1 saturated heterocycles. The van der Waals surface area contributed by atoms with Gasteiger partial charge in [-0.2, -0.15) is 5.01 Å². The number of carbonyl (C=O) groups excluding carboxylic acids is 4. The molecule has 21 heavy (non-hydrogen) atoms. The average molecular weight is 308 g/mol. The van der Waals surface area contributed by atoms with E-state index in [2.05, 4.69) is 5.32 Å². The van der Waals surface area contributed by atoms with Crippen LogP contribution in [0.4, 0.5) is 4.79 Å². The zero-order chi connectivity index (χ0) is 15.1. The normalized spacial score (nSPS) is 18.1. The zero-order valence-corrected chi connectivity index (χ0v) is 11.5. The van der Waals surface area contributed by atoms with Crippen LogP contribution in [0.3, 0.4) is 0 Å². The lowest BCUT2D eigenvalue weighted by atomic mass is 10.1. The molecule has 0 aromatic heterocycles. The number of benzene rings is 1. The second-order valence-corrected chi connectivity index (χ2v) is 4.93. The molecule has 8 heteroatoms. The van der Waals surface area contributed by atoms with Crippen LogP contribution in [0.5, 0.6) is 0 Å². The van der Waals surface area contributed by atoms with Gasteiger partial charge in [-0.25, -0.2) is 9.80 Å². The van der Waals surface area contributed by atoms with Gasteiger partial charge in [-0.05, 0) is 17.7 Å². The lowest BCUT2D eigenvalue weighted by Gasteiger charge is -2.32. The molecule has 108 valence electrons. The molecule has 3 rings (SSSR count). The highest BCUT2D eigenvalue weighted by molar-refractivity contribution is 6.22. The minimum absolute atomic E-state index is 0.0154. The van der Waals surface area contributed by atoms with Crippen molar-refractivity contribution in [1.29, 1.82) is 0 Å². The second kappa shape index (κ2) is 4.85. The van der Waals surface area contributed by atoms with Gasteiger partial charge in [0.1, 0.15) is 0 Å². The maximum absolute atomic E-state index is 12.4. The first-order valence-corrected chi connectivity index (χ1v) is 6.75. The molecule has 0 saturated carbocycles. The van der Waals surface area contributed by atoms with Gasteiger partial charge in [-0.15, -0.1) is 11.6 Å². The Labute approximate surface area is 124 Å². The fraction of sp³-hybridized carbons (Fsp3) is 0.231. The zero-order valence-electron chi connectivity index (χ0n) is 10.8. The summed E-state index contributed by atoms with van der Waals surface area (Å²) in [6.07, 6.45) is 0.0338. The van der Waals surface area contributed by atoms with Crippen LogP contribution in [-0.2, 0) is 10.7 Å². The van der Waals surface area contributed by atoms with Crippen molar-refractivity contribution in [3.8, 4) is 0 Å². The summed E-state index contributed by atoms with van der Waals surface area (Å²) < 4.78 is 0. The average Bonchev–Trinajstić information content (AvgIpc) is 2.71. The Morgan fingerprint density at radius 3 is 2.48 bits per heavy atom. The van der Waals surface area contributed by atoms with Crippen LogP contribution >= 0.6 is 11.6 Å². The van der Waals surface area contributed by atoms with Crippen molar-refractivity contribution in [1.82, 2.24) is 15.3 Å². The van der Waals surface area contributed by atoms with Crippen molar-refractivity contribution in [2.75, 3.05) is 6.54 Å². The molecule has 0 unspecified atom stereocenters. The van der Waals surface area contributed by atoms with Gasteiger partial charge >= 0.3 is 6.03 Å². The molecule has 5 amide bonds. The number of halogens is 1. The molecule has 1 fully saturated rings. The number of amides is 5. The fourth-order valence-electron chi connectivity index (χ4n) is 2.32. The number of fused-ring (bicyclic) bond motifs is 1. The standard InChI is InChI=1S/C13H10ClN3O4/c14-6-7-1-2-8-9(5-7)12(20)17(11(8)19)16-4-3-10(18)15-13(16)21/h1-2,5H,3-4,6H2,(H,15,18,21). The molecule has 7 nitrogen and oxygen atoms in total. The van der Waals surface area contributed by atoms with E-state index in [-0.39, 0.29) is 30.0 Å². The smallest absolute Gasteiger partial charge is 0.276 e. The van der Waals surface area contributed by atoms with Crippen molar-refractivity contribution >= 4 is 35.4 Å². The molecule has 1 N–H and O–H groups in total. The number of nitrogens with one attached hydrogen (secondary N) is 1. The largest absolute Gasteiger partial charge is 0.343 e. The van der Waals surface area contributed by atoms with Crippen LogP contribution in [0.25, 0.3) is 0 Å². The van der Waals surface area contributed by atoms with Gasteiger partial charge in [-0.1, -0.05) is 6.07 Å². The predicted molar refractivity (Wildman–Crippen MR) is 71.4 cm³/mol. The quantitative estimate of drug-likeness (QED) is 0.649. The van der Waals surface area contributed by atoms with Crippen LogP contribution in [0, 0.1) is 0 Å². The first-order valence-electron chi connectivity index (χ1n) is 6.22. The predicted octanol–water partition coefficient (Wildman–Crippen LogP) is 0.878. The van der Waals surface area contributed by atoms with Crippen LogP contribution in [-0.4, -0.2) is 40.3 Å². The number of hydrogen-bond donors (Lipinski definition) is 1. The molecule has 2 heterocycles. The number of nitrogens with zero attached hydrogens (tertiary/aromatic N) is 2. The van der Waals surface area contributed by atoms with E-state index < -0.39 is 23.8 Å². The van der Waals surface area contributed by atoms with Gasteiger partial charge in [0.25, 0.3) is 11.8 Å². The minimum Gasteiger partial charge on any atom is -0.276 e. The Balaban J connectivity index is 1.96. The highest BCUT2D eigenvalue weighted by atomic mass is 35.5. The van der Waals surface area contributed by atoms with E-state index >= 15 is 0 Å². The van der Waals surface area contributed by atoms with Crippen molar-refractivity contribution < 1.29 is 19.2 Å². The highest BCUT2D eigenvalue weighted by Gasteiger charge is 2.43. The third-order valence-electron chi connectivity index (χ3n) is 3.36. The first-order chi connectivity index (χ1) is 10.0. The maximum Gasteiger partial charge on any atom is 0.343 e. The monoisotopic (exact) mass is 307 g/mol. The number of carbonyl (C=O) groups is 4. The van der Waals surface area contributed by atoms with E-state index in [0.717, 1.165) is 10.0 Å². The molecule has 0 bridgehead atoms. The molecule has 0 spiro atoms. The number of hydrazine groups is 1. The Hall–Kier alpha value is -2.41. The highest BCUT2D eigenvalue weighted by Crippen LogP contribution is 2.26. The van der Waals surface area contributed by atoms with Crippen molar-refractivity contribution in [3.63, 3.8) is 0 Å². The molecule has 0 radical (unpaired) electrons. The molecule has 1 aromatic carbocycles. The molecular weight excluding hydrogens is 298 g/mol. The van der Waals surface area contributed by atoms with Crippen molar-refractivity contribution in [2.24, 2.45) is 0 Å². The summed E-state index contributed by atoms with van der Waals surface area (Å²) in [6.45, 7) is -0.0154. The molecule has 2 aliphatic heterocycles. The number of urea groups is 1. The Morgan fingerprint density at radius 2 is 1.81 bits per heavy atom. The van der Waals surface area contributed by atoms with Crippen LogP contribution in [0.15, 0.2) is 18.2 Å². The molecule has 0 atom stereocenters. The Bertz CT molecular complexity index is 688. The van der Waals surface area contributed by atoms with Gasteiger partial charge < -0.3 is 0 Å². The van der Waals surface area contributed by atoms with Gasteiger partial charge in [0.05, 0.1) is 17.7 Å². The summed E-state index contributed by atoms with van der Waals surface area (Å²) in [7, 11) is 0. The molecule has 0 aliphatic carbocycles. The van der Waals surface area contributed by atoms with Gasteiger partial charge in [0, 0.05) is 12.3 Å². The van der Waals surface area contributed by atoms with E-state index in [1.165, 1.54) is 12.1 Å². The van der Waals surface area contributed by atoms with E-state index in [1.54, 1.807) is 6.07 Å². The van der Waals surface area contributed by atoms with Crippen LogP contribution in [0.1, 0.15) is 32.7 Å². The van der Waals surface area contributed by atoms with Gasteiger partial charge in [0.15, 0.2) is 0 Å². The summed E-state index contributed by atoms with van der Waals surface area (Å²) in [6, 6.07) is 3.93. The fourth-order valence-corrected chi connectivity index (χ4v) is 2.49.